The zero-order chi connectivity index (χ0) is 19.5. The van der Waals surface area contributed by atoms with Crippen LogP contribution in [0.1, 0.15) is 15.4 Å². The lowest BCUT2D eigenvalue weighted by atomic mass is 10.2. The summed E-state index contributed by atoms with van der Waals surface area (Å²) in [6.45, 7) is 6.10. The second kappa shape index (κ2) is 8.12. The van der Waals surface area contributed by atoms with E-state index < -0.39 is 0 Å². The molecule has 1 aliphatic rings. The van der Waals surface area contributed by atoms with E-state index in [1.54, 1.807) is 0 Å². The molecule has 1 N–H and O–H groups in total. The molecule has 1 saturated heterocycles. The number of likely N-dealkylation sites (N-methyl/N-ethyl adjacent to an activating group) is 1. The second-order valence-electron chi connectivity index (χ2n) is 7.09. The Labute approximate surface area is 169 Å². The van der Waals surface area contributed by atoms with Crippen LogP contribution in [0.15, 0.2) is 54.6 Å². The third-order valence-corrected chi connectivity index (χ3v) is 6.22. The number of anilines is 2. The molecule has 6 heteroatoms. The molecule has 0 saturated carbocycles. The third kappa shape index (κ3) is 4.08. The molecule has 1 aliphatic heterocycles. The minimum Gasteiger partial charge on any atom is -0.369 e. The number of nitrogens with zero attached hydrogens (tertiary/aromatic N) is 3. The molecule has 5 nitrogen and oxygen atoms in total. The zero-order valence-corrected chi connectivity index (χ0v) is 17.0. The first-order chi connectivity index (χ1) is 13.6. The SMILES string of the molecule is Cc1nc(-c2ccccc2)sc1C(=O)Nc1ccc(N2CCN(C)CC2)cc1. The summed E-state index contributed by atoms with van der Waals surface area (Å²) in [7, 11) is 2.15. The van der Waals surface area contributed by atoms with Crippen molar-refractivity contribution in [1.29, 1.82) is 0 Å². The summed E-state index contributed by atoms with van der Waals surface area (Å²) in [5.74, 6) is -0.107. The quantitative estimate of drug-likeness (QED) is 0.726. The lowest BCUT2D eigenvalue weighted by Crippen LogP contribution is -2.44. The Kier molecular flexibility index (Phi) is 5.41. The van der Waals surface area contributed by atoms with E-state index in [-0.39, 0.29) is 5.91 Å². The van der Waals surface area contributed by atoms with Gasteiger partial charge in [-0.25, -0.2) is 4.98 Å². The van der Waals surface area contributed by atoms with Crippen LogP contribution in [0.5, 0.6) is 0 Å². The van der Waals surface area contributed by atoms with Crippen molar-refractivity contribution in [2.45, 2.75) is 6.92 Å². The summed E-state index contributed by atoms with van der Waals surface area (Å²) in [4.78, 5) is 22.7. The summed E-state index contributed by atoms with van der Waals surface area (Å²) in [6.07, 6.45) is 0. The van der Waals surface area contributed by atoms with Gasteiger partial charge in [-0.3, -0.25) is 4.79 Å². The fraction of sp³-hybridized carbons (Fsp3) is 0.273. The number of amides is 1. The Morgan fingerprint density at radius 3 is 2.36 bits per heavy atom. The molecule has 2 heterocycles. The van der Waals surface area contributed by atoms with Gasteiger partial charge in [-0.15, -0.1) is 11.3 Å². The Balaban J connectivity index is 1.44. The van der Waals surface area contributed by atoms with Crippen molar-refractivity contribution in [3.05, 3.63) is 65.2 Å². The van der Waals surface area contributed by atoms with Gasteiger partial charge in [0.05, 0.1) is 5.69 Å². The first kappa shape index (κ1) is 18.7. The molecule has 1 aromatic heterocycles. The number of nitrogens with one attached hydrogen (secondary N) is 1. The van der Waals surface area contributed by atoms with Gasteiger partial charge in [-0.1, -0.05) is 30.3 Å². The van der Waals surface area contributed by atoms with Gasteiger partial charge < -0.3 is 15.1 Å². The third-order valence-electron chi connectivity index (χ3n) is 5.02. The van der Waals surface area contributed by atoms with Crippen LogP contribution in [0.3, 0.4) is 0 Å². The summed E-state index contributed by atoms with van der Waals surface area (Å²) in [6, 6.07) is 18.1. The van der Waals surface area contributed by atoms with E-state index in [0.717, 1.165) is 48.1 Å². The molecule has 3 aromatic rings. The van der Waals surface area contributed by atoms with Crippen LogP contribution in [-0.4, -0.2) is 49.0 Å². The van der Waals surface area contributed by atoms with Crippen molar-refractivity contribution >= 4 is 28.6 Å². The molecular formula is C22H24N4OS. The van der Waals surface area contributed by atoms with Crippen LogP contribution in [0, 0.1) is 6.92 Å². The van der Waals surface area contributed by atoms with Crippen LogP contribution in [0.4, 0.5) is 11.4 Å². The Morgan fingerprint density at radius 2 is 1.68 bits per heavy atom. The van der Waals surface area contributed by atoms with Crippen LogP contribution >= 0.6 is 11.3 Å². The maximum Gasteiger partial charge on any atom is 0.267 e. The van der Waals surface area contributed by atoms with Crippen LogP contribution in [-0.2, 0) is 0 Å². The van der Waals surface area contributed by atoms with Gasteiger partial charge in [0.25, 0.3) is 5.91 Å². The predicted molar refractivity (Wildman–Crippen MR) is 116 cm³/mol. The molecule has 0 unspecified atom stereocenters. The number of carbonyl (C=O) groups is 1. The molecule has 0 atom stereocenters. The van der Waals surface area contributed by atoms with Crippen LogP contribution < -0.4 is 10.2 Å². The van der Waals surface area contributed by atoms with Crippen LogP contribution in [0.2, 0.25) is 0 Å². The van der Waals surface area contributed by atoms with Crippen molar-refractivity contribution in [2.75, 3.05) is 43.4 Å². The molecule has 0 bridgehead atoms. The normalized spacial score (nSPS) is 14.9. The van der Waals surface area contributed by atoms with E-state index in [2.05, 4.69) is 39.3 Å². The standard InChI is InChI=1S/C22H24N4OS/c1-16-20(28-22(23-16)17-6-4-3-5-7-17)21(27)24-18-8-10-19(11-9-18)26-14-12-25(2)13-15-26/h3-11H,12-15H2,1-2H3,(H,24,27). The van der Waals surface area contributed by atoms with E-state index in [0.29, 0.717) is 4.88 Å². The maximum absolute atomic E-state index is 12.7. The van der Waals surface area contributed by atoms with Gasteiger partial charge in [0.15, 0.2) is 0 Å². The minimum absolute atomic E-state index is 0.107. The topological polar surface area (TPSA) is 48.5 Å². The average molecular weight is 393 g/mol. The summed E-state index contributed by atoms with van der Waals surface area (Å²) < 4.78 is 0. The Morgan fingerprint density at radius 1 is 1.00 bits per heavy atom. The first-order valence-electron chi connectivity index (χ1n) is 9.48. The molecule has 28 heavy (non-hydrogen) atoms. The van der Waals surface area contributed by atoms with Crippen molar-refractivity contribution in [3.63, 3.8) is 0 Å². The van der Waals surface area contributed by atoms with Gasteiger partial charge in [-0.2, -0.15) is 0 Å². The smallest absolute Gasteiger partial charge is 0.267 e. The van der Waals surface area contributed by atoms with Crippen molar-refractivity contribution in [2.24, 2.45) is 0 Å². The van der Waals surface area contributed by atoms with E-state index in [1.807, 2.05) is 49.4 Å². The Hall–Kier alpha value is -2.70. The van der Waals surface area contributed by atoms with Crippen LogP contribution in [0.25, 0.3) is 10.6 Å². The number of hydrogen-bond acceptors (Lipinski definition) is 5. The number of carbonyl (C=O) groups excluding carboxylic acids is 1. The van der Waals surface area contributed by atoms with Gasteiger partial charge in [0, 0.05) is 43.1 Å². The van der Waals surface area contributed by atoms with Crippen molar-refractivity contribution in [1.82, 2.24) is 9.88 Å². The highest BCUT2D eigenvalue weighted by atomic mass is 32.1. The van der Waals surface area contributed by atoms with Crippen molar-refractivity contribution in [3.8, 4) is 10.6 Å². The highest BCUT2D eigenvalue weighted by Gasteiger charge is 2.17. The van der Waals surface area contributed by atoms with Gasteiger partial charge in [0.1, 0.15) is 9.88 Å². The fourth-order valence-electron chi connectivity index (χ4n) is 3.32. The number of aromatic nitrogens is 1. The van der Waals surface area contributed by atoms with Gasteiger partial charge >= 0.3 is 0 Å². The summed E-state index contributed by atoms with van der Waals surface area (Å²) in [5, 5.41) is 3.87. The van der Waals surface area contributed by atoms with Gasteiger partial charge in [0.2, 0.25) is 0 Å². The lowest BCUT2D eigenvalue weighted by Gasteiger charge is -2.34. The number of piperazine rings is 1. The monoisotopic (exact) mass is 392 g/mol. The molecule has 0 aliphatic carbocycles. The number of rotatable bonds is 4. The summed E-state index contributed by atoms with van der Waals surface area (Å²) >= 11 is 1.43. The highest BCUT2D eigenvalue weighted by Crippen LogP contribution is 2.28. The number of benzene rings is 2. The number of aryl methyl sites for hydroxylation is 1. The molecular weight excluding hydrogens is 368 g/mol. The first-order valence-corrected chi connectivity index (χ1v) is 10.3. The molecule has 4 rings (SSSR count). The molecule has 2 aromatic carbocycles. The van der Waals surface area contributed by atoms with E-state index in [9.17, 15) is 4.79 Å². The van der Waals surface area contributed by atoms with E-state index >= 15 is 0 Å². The molecule has 144 valence electrons. The minimum atomic E-state index is -0.107. The molecule has 1 fully saturated rings. The molecule has 0 radical (unpaired) electrons. The highest BCUT2D eigenvalue weighted by molar-refractivity contribution is 7.17. The largest absolute Gasteiger partial charge is 0.369 e. The molecule has 1 amide bonds. The fourth-order valence-corrected chi connectivity index (χ4v) is 4.29. The second-order valence-corrected chi connectivity index (χ2v) is 8.09. The van der Waals surface area contributed by atoms with E-state index in [4.69, 9.17) is 0 Å². The van der Waals surface area contributed by atoms with Crippen molar-refractivity contribution < 1.29 is 4.79 Å². The Bertz CT molecular complexity index is 944. The number of hydrogen-bond donors (Lipinski definition) is 1. The predicted octanol–water partition coefficient (Wildman–Crippen LogP) is 4.12. The lowest BCUT2D eigenvalue weighted by molar-refractivity contribution is 0.103. The average Bonchev–Trinajstić information content (AvgIpc) is 3.12. The maximum atomic E-state index is 12.7. The van der Waals surface area contributed by atoms with E-state index in [1.165, 1.54) is 17.0 Å². The molecule has 0 spiro atoms. The van der Waals surface area contributed by atoms with Gasteiger partial charge in [-0.05, 0) is 38.2 Å². The zero-order valence-electron chi connectivity index (χ0n) is 16.2. The summed E-state index contributed by atoms with van der Waals surface area (Å²) in [5.41, 5.74) is 3.80. The number of thiazole rings is 1.